The van der Waals surface area contributed by atoms with E-state index in [1.165, 1.54) is 12.8 Å². The van der Waals surface area contributed by atoms with Crippen LogP contribution in [0.15, 0.2) is 28.9 Å². The number of likely N-dealkylation sites (tertiary alicyclic amines) is 1. The summed E-state index contributed by atoms with van der Waals surface area (Å²) in [4.78, 5) is 32.0. The monoisotopic (exact) mass is 426 g/mol. The predicted molar refractivity (Wildman–Crippen MR) is 119 cm³/mol. The number of piperazine rings is 1. The Morgan fingerprint density at radius 1 is 0.935 bits per heavy atom. The third kappa shape index (κ3) is 5.03. The number of carbonyl (C=O) groups excluding carboxylic acids is 2. The third-order valence-corrected chi connectivity index (χ3v) is 6.68. The van der Waals surface area contributed by atoms with E-state index in [0.717, 1.165) is 61.7 Å². The molecule has 0 aliphatic carbocycles. The van der Waals surface area contributed by atoms with Crippen molar-refractivity contribution in [3.05, 3.63) is 47.2 Å². The molecule has 2 aromatic heterocycles. The van der Waals surface area contributed by atoms with Gasteiger partial charge < -0.3 is 18.8 Å². The zero-order valence-electron chi connectivity index (χ0n) is 18.8. The molecule has 0 N–H and O–H groups in total. The van der Waals surface area contributed by atoms with Crippen LogP contribution in [0.1, 0.15) is 53.2 Å². The lowest BCUT2D eigenvalue weighted by molar-refractivity contribution is -0.132. The van der Waals surface area contributed by atoms with Crippen LogP contribution < -0.4 is 0 Å². The highest BCUT2D eigenvalue weighted by Gasteiger charge is 2.27. The molecule has 7 nitrogen and oxygen atoms in total. The van der Waals surface area contributed by atoms with Crippen molar-refractivity contribution in [3.8, 4) is 0 Å². The van der Waals surface area contributed by atoms with Crippen LogP contribution in [0.4, 0.5) is 0 Å². The smallest absolute Gasteiger partial charge is 0.255 e. The van der Waals surface area contributed by atoms with E-state index >= 15 is 0 Å². The van der Waals surface area contributed by atoms with Gasteiger partial charge in [0.2, 0.25) is 5.91 Å². The lowest BCUT2D eigenvalue weighted by Gasteiger charge is -2.35. The molecule has 7 heteroatoms. The van der Waals surface area contributed by atoms with Crippen LogP contribution in [0.5, 0.6) is 0 Å². The van der Waals surface area contributed by atoms with Crippen LogP contribution >= 0.6 is 0 Å². The highest BCUT2D eigenvalue weighted by atomic mass is 16.3. The first-order valence-corrected chi connectivity index (χ1v) is 11.5. The average Bonchev–Trinajstić information content (AvgIpc) is 3.27. The van der Waals surface area contributed by atoms with Gasteiger partial charge in [-0.05, 0) is 44.9 Å². The van der Waals surface area contributed by atoms with Crippen molar-refractivity contribution < 1.29 is 14.0 Å². The number of aryl methyl sites for hydroxylation is 1. The summed E-state index contributed by atoms with van der Waals surface area (Å²) in [5, 5.41) is 0. The van der Waals surface area contributed by atoms with Crippen LogP contribution in [-0.2, 0) is 11.3 Å². The zero-order valence-corrected chi connectivity index (χ0v) is 18.8. The van der Waals surface area contributed by atoms with Gasteiger partial charge in [0, 0.05) is 50.7 Å². The standard InChI is InChI=1S/C24H34N4O3/c1-19-16-22(20(2)28(19)17-21-8-7-15-31-21)24(30)27-13-11-25(12-14-27)18-23(29)26-9-5-3-4-6-10-26/h7-8,15-16H,3-6,9-14,17-18H2,1-2H3. The summed E-state index contributed by atoms with van der Waals surface area (Å²) in [6.07, 6.45) is 6.37. The van der Waals surface area contributed by atoms with Gasteiger partial charge in [-0.2, -0.15) is 0 Å². The SMILES string of the molecule is Cc1cc(C(=O)N2CCN(CC(=O)N3CCCCCC3)CC2)c(C)n1Cc1ccco1. The summed E-state index contributed by atoms with van der Waals surface area (Å²) in [6, 6.07) is 5.81. The molecule has 168 valence electrons. The van der Waals surface area contributed by atoms with E-state index in [0.29, 0.717) is 26.2 Å². The van der Waals surface area contributed by atoms with Gasteiger partial charge in [-0.15, -0.1) is 0 Å². The molecule has 0 radical (unpaired) electrons. The van der Waals surface area contributed by atoms with E-state index in [2.05, 4.69) is 9.47 Å². The summed E-state index contributed by atoms with van der Waals surface area (Å²) in [7, 11) is 0. The number of rotatable bonds is 5. The minimum absolute atomic E-state index is 0.0808. The maximum absolute atomic E-state index is 13.2. The van der Waals surface area contributed by atoms with E-state index in [9.17, 15) is 9.59 Å². The van der Waals surface area contributed by atoms with Gasteiger partial charge in [0.1, 0.15) is 5.76 Å². The molecule has 2 fully saturated rings. The molecule has 4 rings (SSSR count). The lowest BCUT2D eigenvalue weighted by Crippen LogP contribution is -2.51. The van der Waals surface area contributed by atoms with Crippen LogP contribution in [0.25, 0.3) is 0 Å². The molecule has 0 atom stereocenters. The lowest BCUT2D eigenvalue weighted by atomic mass is 10.2. The first-order chi connectivity index (χ1) is 15.0. The second kappa shape index (κ2) is 9.73. The minimum atomic E-state index is 0.0808. The summed E-state index contributed by atoms with van der Waals surface area (Å²) in [5.74, 6) is 1.20. The largest absolute Gasteiger partial charge is 0.467 e. The molecule has 2 saturated heterocycles. The Labute approximate surface area is 184 Å². The molecular weight excluding hydrogens is 392 g/mol. The van der Waals surface area contributed by atoms with Crippen LogP contribution in [-0.4, -0.2) is 76.9 Å². The predicted octanol–water partition coefficient (Wildman–Crippen LogP) is 2.91. The fraction of sp³-hybridized carbons (Fsp3) is 0.583. The normalized spacial score (nSPS) is 18.3. The number of hydrogen-bond donors (Lipinski definition) is 0. The zero-order chi connectivity index (χ0) is 21.8. The first kappa shape index (κ1) is 21.7. The first-order valence-electron chi connectivity index (χ1n) is 11.5. The molecule has 2 aliphatic heterocycles. The molecule has 0 spiro atoms. The number of aromatic nitrogens is 1. The summed E-state index contributed by atoms with van der Waals surface area (Å²) >= 11 is 0. The topological polar surface area (TPSA) is 61.9 Å². The van der Waals surface area contributed by atoms with Gasteiger partial charge in [0.15, 0.2) is 0 Å². The average molecular weight is 427 g/mol. The van der Waals surface area contributed by atoms with Crippen molar-refractivity contribution in [2.75, 3.05) is 45.8 Å². The second-order valence-electron chi connectivity index (χ2n) is 8.81. The van der Waals surface area contributed by atoms with E-state index in [1.54, 1.807) is 6.26 Å². The van der Waals surface area contributed by atoms with Crippen molar-refractivity contribution >= 4 is 11.8 Å². The molecule has 2 aromatic rings. The number of carbonyl (C=O) groups is 2. The molecule has 4 heterocycles. The Balaban J connectivity index is 1.32. The van der Waals surface area contributed by atoms with Gasteiger partial charge in [-0.3, -0.25) is 14.5 Å². The molecule has 31 heavy (non-hydrogen) atoms. The minimum Gasteiger partial charge on any atom is -0.467 e. The van der Waals surface area contributed by atoms with E-state index in [-0.39, 0.29) is 11.8 Å². The Morgan fingerprint density at radius 2 is 1.65 bits per heavy atom. The Kier molecular flexibility index (Phi) is 6.80. The maximum Gasteiger partial charge on any atom is 0.255 e. The van der Waals surface area contributed by atoms with E-state index < -0.39 is 0 Å². The highest BCUT2D eigenvalue weighted by molar-refractivity contribution is 5.95. The van der Waals surface area contributed by atoms with Crippen molar-refractivity contribution in [2.24, 2.45) is 0 Å². The molecule has 0 aromatic carbocycles. The van der Waals surface area contributed by atoms with Crippen LogP contribution in [0.3, 0.4) is 0 Å². The molecule has 0 bridgehead atoms. The number of amides is 2. The van der Waals surface area contributed by atoms with Crippen LogP contribution in [0.2, 0.25) is 0 Å². The van der Waals surface area contributed by atoms with Gasteiger partial charge in [-0.1, -0.05) is 12.8 Å². The highest BCUT2D eigenvalue weighted by Crippen LogP contribution is 2.20. The van der Waals surface area contributed by atoms with Crippen molar-refractivity contribution in [1.29, 1.82) is 0 Å². The van der Waals surface area contributed by atoms with E-state index in [1.807, 2.05) is 41.8 Å². The fourth-order valence-electron chi connectivity index (χ4n) is 4.71. The molecular formula is C24H34N4O3. The number of nitrogens with zero attached hydrogens (tertiary/aromatic N) is 4. The van der Waals surface area contributed by atoms with Crippen LogP contribution in [0, 0.1) is 13.8 Å². The Hall–Kier alpha value is -2.54. The molecule has 2 amide bonds. The fourth-order valence-corrected chi connectivity index (χ4v) is 4.71. The van der Waals surface area contributed by atoms with Gasteiger partial charge in [0.25, 0.3) is 5.91 Å². The summed E-state index contributed by atoms with van der Waals surface area (Å²) in [6.45, 7) is 9.73. The van der Waals surface area contributed by atoms with Gasteiger partial charge >= 0.3 is 0 Å². The van der Waals surface area contributed by atoms with Crippen molar-refractivity contribution in [2.45, 2.75) is 46.1 Å². The Morgan fingerprint density at radius 3 is 2.29 bits per heavy atom. The maximum atomic E-state index is 13.2. The number of hydrogen-bond acceptors (Lipinski definition) is 4. The summed E-state index contributed by atoms with van der Waals surface area (Å²) < 4.78 is 7.60. The quantitative estimate of drug-likeness (QED) is 0.738. The molecule has 0 saturated carbocycles. The number of furan rings is 1. The summed E-state index contributed by atoms with van der Waals surface area (Å²) in [5.41, 5.74) is 2.79. The molecule has 0 unspecified atom stereocenters. The van der Waals surface area contributed by atoms with Crippen molar-refractivity contribution in [3.63, 3.8) is 0 Å². The molecule has 2 aliphatic rings. The Bertz CT molecular complexity index is 886. The van der Waals surface area contributed by atoms with Gasteiger partial charge in [-0.25, -0.2) is 0 Å². The van der Waals surface area contributed by atoms with Crippen molar-refractivity contribution in [1.82, 2.24) is 19.3 Å². The van der Waals surface area contributed by atoms with E-state index in [4.69, 9.17) is 4.42 Å². The second-order valence-corrected chi connectivity index (χ2v) is 8.81. The third-order valence-electron chi connectivity index (χ3n) is 6.68. The van der Waals surface area contributed by atoms with Gasteiger partial charge in [0.05, 0.1) is 24.9 Å².